The first-order chi connectivity index (χ1) is 11.7. The molecule has 0 fully saturated rings. The molecule has 0 radical (unpaired) electrons. The summed E-state index contributed by atoms with van der Waals surface area (Å²) in [6.45, 7) is 5.81. The van der Waals surface area contributed by atoms with Crippen molar-refractivity contribution in [2.45, 2.75) is 25.7 Å². The van der Waals surface area contributed by atoms with E-state index in [1.807, 2.05) is 19.9 Å². The Hall–Kier alpha value is -2.09. The summed E-state index contributed by atoms with van der Waals surface area (Å²) in [4.78, 5) is 16.8. The molecule has 0 bridgehead atoms. The van der Waals surface area contributed by atoms with Crippen LogP contribution in [0.3, 0.4) is 0 Å². The number of carbonyl (C=O) groups is 1. The molecule has 0 unspecified atom stereocenters. The molecule has 2 aromatic carbocycles. The molecule has 8 heteroatoms. The summed E-state index contributed by atoms with van der Waals surface area (Å²) in [5, 5.41) is 0.127. The Labute approximate surface area is 152 Å². The Kier molecular flexibility index (Phi) is 6.05. The number of hydrogen-bond donors (Lipinski definition) is 2. The number of anilines is 1. The number of rotatable bonds is 6. The van der Waals surface area contributed by atoms with Crippen LogP contribution >= 0.6 is 11.6 Å². The van der Waals surface area contributed by atoms with Crippen LogP contribution in [0, 0.1) is 13.8 Å². The quantitative estimate of drug-likeness (QED) is 0.749. The molecule has 0 aliphatic heterocycles. The summed E-state index contributed by atoms with van der Waals surface area (Å²) in [6.07, 6.45) is 0. The van der Waals surface area contributed by atoms with Crippen LogP contribution in [-0.2, 0) is 14.9 Å². The molecule has 0 heterocycles. The topological polar surface area (TPSA) is 84.5 Å². The normalized spacial score (nSPS) is 11.2. The van der Waals surface area contributed by atoms with Crippen molar-refractivity contribution in [3.8, 4) is 0 Å². The van der Waals surface area contributed by atoms with E-state index in [4.69, 9.17) is 16.4 Å². The molecule has 1 amide bonds. The molecule has 0 aliphatic carbocycles. The first-order valence-electron chi connectivity index (χ1n) is 7.56. The zero-order chi connectivity index (χ0) is 18.6. The predicted molar refractivity (Wildman–Crippen MR) is 97.3 cm³/mol. The summed E-state index contributed by atoms with van der Waals surface area (Å²) in [5.74, 6) is -0.616. The number of halogens is 1. The maximum Gasteiger partial charge on any atom is 0.276 e. The second kappa shape index (κ2) is 7.86. The van der Waals surface area contributed by atoms with Gasteiger partial charge in [0, 0.05) is 5.69 Å². The Bertz CT molecular complexity index is 898. The van der Waals surface area contributed by atoms with Crippen molar-refractivity contribution in [2.75, 3.05) is 11.3 Å². The van der Waals surface area contributed by atoms with Gasteiger partial charge in [-0.25, -0.2) is 13.9 Å². The highest BCUT2D eigenvalue weighted by Crippen LogP contribution is 2.23. The third-order valence-electron chi connectivity index (χ3n) is 3.56. The van der Waals surface area contributed by atoms with Crippen molar-refractivity contribution in [2.24, 2.45) is 0 Å². The van der Waals surface area contributed by atoms with E-state index in [9.17, 15) is 13.2 Å². The van der Waals surface area contributed by atoms with E-state index in [2.05, 4.69) is 10.2 Å². The Balaban J connectivity index is 2.32. The fourth-order valence-electron chi connectivity index (χ4n) is 2.06. The number of hydrogen-bond acceptors (Lipinski definition) is 4. The lowest BCUT2D eigenvalue weighted by Crippen LogP contribution is -2.24. The van der Waals surface area contributed by atoms with Gasteiger partial charge in [-0.1, -0.05) is 17.7 Å². The molecule has 134 valence electrons. The van der Waals surface area contributed by atoms with Crippen molar-refractivity contribution >= 4 is 33.2 Å². The highest BCUT2D eigenvalue weighted by atomic mass is 35.5. The standard InChI is InChI=1S/C17H19ClN2O4S/c1-4-24-19-17(21)15-10-14(7-8-16(15)18)25(22,23)20-13-6-5-11(2)12(3)9-13/h5-10,20H,4H2,1-3H3,(H,19,21). The van der Waals surface area contributed by atoms with Crippen LogP contribution in [0.1, 0.15) is 28.4 Å². The van der Waals surface area contributed by atoms with Crippen LogP contribution in [0.25, 0.3) is 0 Å². The molecule has 0 spiro atoms. The van der Waals surface area contributed by atoms with Gasteiger partial charge in [-0.3, -0.25) is 14.4 Å². The maximum atomic E-state index is 12.6. The van der Waals surface area contributed by atoms with Crippen molar-refractivity contribution in [1.29, 1.82) is 0 Å². The second-order valence-electron chi connectivity index (χ2n) is 5.41. The summed E-state index contributed by atoms with van der Waals surface area (Å²) in [6, 6.07) is 9.15. The lowest BCUT2D eigenvalue weighted by atomic mass is 10.1. The Morgan fingerprint density at radius 3 is 2.48 bits per heavy atom. The molecule has 0 saturated heterocycles. The minimum absolute atomic E-state index is 0.0121. The summed E-state index contributed by atoms with van der Waals surface area (Å²) >= 11 is 5.99. The molecule has 2 N–H and O–H groups in total. The molecule has 6 nitrogen and oxygen atoms in total. The Morgan fingerprint density at radius 2 is 1.84 bits per heavy atom. The van der Waals surface area contributed by atoms with Gasteiger partial charge in [0.15, 0.2) is 0 Å². The van der Waals surface area contributed by atoms with E-state index in [1.54, 1.807) is 19.1 Å². The van der Waals surface area contributed by atoms with Gasteiger partial charge in [0.25, 0.3) is 15.9 Å². The minimum Gasteiger partial charge on any atom is -0.280 e. The van der Waals surface area contributed by atoms with Crippen molar-refractivity contribution in [1.82, 2.24) is 5.48 Å². The highest BCUT2D eigenvalue weighted by molar-refractivity contribution is 7.92. The number of nitrogens with one attached hydrogen (secondary N) is 2. The van der Waals surface area contributed by atoms with E-state index >= 15 is 0 Å². The monoisotopic (exact) mass is 382 g/mol. The average molecular weight is 383 g/mol. The van der Waals surface area contributed by atoms with E-state index in [-0.39, 0.29) is 22.1 Å². The largest absolute Gasteiger partial charge is 0.280 e. The van der Waals surface area contributed by atoms with E-state index in [0.717, 1.165) is 11.1 Å². The molecule has 0 aliphatic rings. The molecule has 2 rings (SSSR count). The van der Waals surface area contributed by atoms with Gasteiger partial charge in [0.05, 0.1) is 22.1 Å². The molecular weight excluding hydrogens is 364 g/mol. The number of benzene rings is 2. The number of carbonyl (C=O) groups excluding carboxylic acids is 1. The molecular formula is C17H19ClN2O4S. The number of amides is 1. The summed E-state index contributed by atoms with van der Waals surface area (Å²) in [7, 11) is -3.87. The van der Waals surface area contributed by atoms with Crippen molar-refractivity contribution in [3.05, 3.63) is 58.1 Å². The lowest BCUT2D eigenvalue weighted by molar-refractivity contribution is 0.0364. The van der Waals surface area contributed by atoms with Gasteiger partial charge < -0.3 is 0 Å². The van der Waals surface area contributed by atoms with Gasteiger partial charge in [-0.15, -0.1) is 0 Å². The van der Waals surface area contributed by atoms with Gasteiger partial charge in [0.1, 0.15) is 0 Å². The van der Waals surface area contributed by atoms with E-state index in [1.165, 1.54) is 18.2 Å². The first kappa shape index (κ1) is 19.2. The highest BCUT2D eigenvalue weighted by Gasteiger charge is 2.19. The number of hydroxylamine groups is 1. The SMILES string of the molecule is CCONC(=O)c1cc(S(=O)(=O)Nc2ccc(C)c(C)c2)ccc1Cl. The fraction of sp³-hybridized carbons (Fsp3) is 0.235. The van der Waals surface area contributed by atoms with Crippen LogP contribution in [0.4, 0.5) is 5.69 Å². The van der Waals surface area contributed by atoms with E-state index in [0.29, 0.717) is 5.69 Å². The molecule has 2 aromatic rings. The predicted octanol–water partition coefficient (Wildman–Crippen LogP) is 3.44. The number of sulfonamides is 1. The molecule has 0 aromatic heterocycles. The Morgan fingerprint density at radius 1 is 1.12 bits per heavy atom. The van der Waals surface area contributed by atoms with Crippen LogP contribution in [0.5, 0.6) is 0 Å². The third kappa shape index (κ3) is 4.72. The number of aryl methyl sites for hydroxylation is 2. The van der Waals surface area contributed by atoms with Crippen LogP contribution in [-0.4, -0.2) is 20.9 Å². The second-order valence-corrected chi connectivity index (χ2v) is 7.50. The fourth-order valence-corrected chi connectivity index (χ4v) is 3.34. The summed E-state index contributed by atoms with van der Waals surface area (Å²) in [5.41, 5.74) is 4.67. The molecule has 0 saturated carbocycles. The average Bonchev–Trinajstić information content (AvgIpc) is 2.56. The van der Waals surface area contributed by atoms with Crippen LogP contribution in [0.2, 0.25) is 5.02 Å². The van der Waals surface area contributed by atoms with Gasteiger partial charge >= 0.3 is 0 Å². The van der Waals surface area contributed by atoms with E-state index < -0.39 is 15.9 Å². The van der Waals surface area contributed by atoms with Crippen LogP contribution < -0.4 is 10.2 Å². The third-order valence-corrected chi connectivity index (χ3v) is 5.27. The summed E-state index contributed by atoms with van der Waals surface area (Å²) < 4.78 is 27.7. The molecule has 0 atom stereocenters. The minimum atomic E-state index is -3.87. The van der Waals surface area contributed by atoms with Crippen molar-refractivity contribution in [3.63, 3.8) is 0 Å². The van der Waals surface area contributed by atoms with Gasteiger partial charge in [-0.2, -0.15) is 0 Å². The first-order valence-corrected chi connectivity index (χ1v) is 9.42. The van der Waals surface area contributed by atoms with Gasteiger partial charge in [-0.05, 0) is 62.2 Å². The zero-order valence-electron chi connectivity index (χ0n) is 14.1. The molecule has 25 heavy (non-hydrogen) atoms. The van der Waals surface area contributed by atoms with Crippen LogP contribution in [0.15, 0.2) is 41.3 Å². The smallest absolute Gasteiger partial charge is 0.276 e. The zero-order valence-corrected chi connectivity index (χ0v) is 15.7. The van der Waals surface area contributed by atoms with Crippen molar-refractivity contribution < 1.29 is 18.0 Å². The van der Waals surface area contributed by atoms with Gasteiger partial charge in [0.2, 0.25) is 0 Å². The lowest BCUT2D eigenvalue weighted by Gasteiger charge is -2.12. The maximum absolute atomic E-state index is 12.6.